The van der Waals surface area contributed by atoms with Gasteiger partial charge in [-0.05, 0) is 42.8 Å². The molecule has 0 saturated carbocycles. The second kappa shape index (κ2) is 6.57. The normalized spacial score (nSPS) is 10.3. The Labute approximate surface area is 120 Å². The van der Waals surface area contributed by atoms with Crippen LogP contribution in [0.25, 0.3) is 0 Å². The lowest BCUT2D eigenvalue weighted by Crippen LogP contribution is -2.00. The monoisotopic (exact) mass is 323 g/mol. The van der Waals surface area contributed by atoms with Gasteiger partial charge in [0.1, 0.15) is 11.6 Å². The van der Waals surface area contributed by atoms with Gasteiger partial charge in [0.2, 0.25) is 0 Å². The zero-order chi connectivity index (χ0) is 13.7. The molecule has 0 unspecified atom stereocenters. The van der Waals surface area contributed by atoms with Crippen molar-refractivity contribution in [3.05, 3.63) is 58.3 Å². The Balaban J connectivity index is 2.03. The quantitative estimate of drug-likeness (QED) is 0.868. The van der Waals surface area contributed by atoms with Crippen LogP contribution in [0.3, 0.4) is 0 Å². The van der Waals surface area contributed by atoms with E-state index in [2.05, 4.69) is 21.2 Å². The molecule has 0 aliphatic heterocycles. The van der Waals surface area contributed by atoms with Crippen LogP contribution in [0, 0.1) is 5.82 Å². The van der Waals surface area contributed by atoms with Crippen LogP contribution in [0.4, 0.5) is 10.1 Å². The Morgan fingerprint density at radius 3 is 2.79 bits per heavy atom. The van der Waals surface area contributed by atoms with Gasteiger partial charge >= 0.3 is 0 Å². The molecule has 2 rings (SSSR count). The first kappa shape index (κ1) is 13.9. The minimum Gasteiger partial charge on any atom is -0.494 e. The van der Waals surface area contributed by atoms with Crippen molar-refractivity contribution in [3.63, 3.8) is 0 Å². The van der Waals surface area contributed by atoms with Crippen molar-refractivity contribution in [3.8, 4) is 5.75 Å². The summed E-state index contributed by atoms with van der Waals surface area (Å²) in [7, 11) is 0. The summed E-state index contributed by atoms with van der Waals surface area (Å²) in [6, 6.07) is 12.6. The first-order valence-corrected chi connectivity index (χ1v) is 6.88. The van der Waals surface area contributed by atoms with Crippen LogP contribution in [0.2, 0.25) is 0 Å². The number of ether oxygens (including phenoxy) is 1. The molecule has 0 heterocycles. The zero-order valence-corrected chi connectivity index (χ0v) is 12.2. The molecule has 2 nitrogen and oxygen atoms in total. The number of hydrogen-bond donors (Lipinski definition) is 1. The topological polar surface area (TPSA) is 21.3 Å². The van der Waals surface area contributed by atoms with Gasteiger partial charge in [0.25, 0.3) is 0 Å². The highest BCUT2D eigenvalue weighted by Gasteiger charge is 2.00. The number of anilines is 1. The summed E-state index contributed by atoms with van der Waals surface area (Å²) in [5, 5.41) is 3.25. The molecule has 2 aromatic rings. The minimum atomic E-state index is -0.241. The first-order valence-electron chi connectivity index (χ1n) is 6.09. The molecule has 0 aliphatic rings. The summed E-state index contributed by atoms with van der Waals surface area (Å²) < 4.78 is 19.4. The van der Waals surface area contributed by atoms with Gasteiger partial charge in [-0.25, -0.2) is 4.39 Å². The number of benzene rings is 2. The van der Waals surface area contributed by atoms with Crippen molar-refractivity contribution in [2.24, 2.45) is 0 Å². The third-order valence-electron chi connectivity index (χ3n) is 2.56. The standard InChI is InChI=1S/C15H15BrFNO/c1-2-19-15-5-3-4-14(9-15)18-10-11-6-12(16)8-13(17)7-11/h3-9,18H,2,10H2,1H3. The molecule has 0 fully saturated rings. The molecule has 0 aliphatic carbocycles. The Morgan fingerprint density at radius 2 is 2.05 bits per heavy atom. The Bertz CT molecular complexity index is 539. The van der Waals surface area contributed by atoms with E-state index < -0.39 is 0 Å². The number of nitrogens with one attached hydrogen (secondary N) is 1. The summed E-state index contributed by atoms with van der Waals surface area (Å²) in [4.78, 5) is 0. The van der Waals surface area contributed by atoms with Gasteiger partial charge in [0.15, 0.2) is 0 Å². The van der Waals surface area contributed by atoms with Crippen molar-refractivity contribution in [2.45, 2.75) is 13.5 Å². The lowest BCUT2D eigenvalue weighted by molar-refractivity contribution is 0.340. The van der Waals surface area contributed by atoms with Gasteiger partial charge in [0, 0.05) is 22.8 Å². The molecule has 0 amide bonds. The highest BCUT2D eigenvalue weighted by Crippen LogP contribution is 2.19. The summed E-state index contributed by atoms with van der Waals surface area (Å²) in [6.45, 7) is 3.15. The molecule has 19 heavy (non-hydrogen) atoms. The zero-order valence-electron chi connectivity index (χ0n) is 10.6. The smallest absolute Gasteiger partial charge is 0.124 e. The maximum absolute atomic E-state index is 13.2. The van der Waals surface area contributed by atoms with Crippen molar-refractivity contribution in [1.29, 1.82) is 0 Å². The van der Waals surface area contributed by atoms with E-state index in [1.165, 1.54) is 12.1 Å². The van der Waals surface area contributed by atoms with E-state index in [0.717, 1.165) is 21.5 Å². The Hall–Kier alpha value is -1.55. The molecule has 100 valence electrons. The summed E-state index contributed by atoms with van der Waals surface area (Å²) >= 11 is 3.28. The summed E-state index contributed by atoms with van der Waals surface area (Å²) in [5.41, 5.74) is 1.83. The van der Waals surface area contributed by atoms with E-state index in [1.54, 1.807) is 0 Å². The maximum Gasteiger partial charge on any atom is 0.124 e. The minimum absolute atomic E-state index is 0.241. The summed E-state index contributed by atoms with van der Waals surface area (Å²) in [5.74, 6) is 0.585. The van der Waals surface area contributed by atoms with E-state index in [0.29, 0.717) is 13.2 Å². The number of halogens is 2. The molecule has 2 aromatic carbocycles. The fraction of sp³-hybridized carbons (Fsp3) is 0.200. The fourth-order valence-corrected chi connectivity index (χ4v) is 2.29. The van der Waals surface area contributed by atoms with Crippen molar-refractivity contribution < 1.29 is 9.13 Å². The molecule has 0 bridgehead atoms. The number of rotatable bonds is 5. The SMILES string of the molecule is CCOc1cccc(NCc2cc(F)cc(Br)c2)c1. The van der Waals surface area contributed by atoms with Crippen molar-refractivity contribution in [2.75, 3.05) is 11.9 Å². The fourth-order valence-electron chi connectivity index (χ4n) is 1.78. The van der Waals surface area contributed by atoms with Crippen LogP contribution in [-0.4, -0.2) is 6.61 Å². The van der Waals surface area contributed by atoms with Gasteiger partial charge in [-0.2, -0.15) is 0 Å². The van der Waals surface area contributed by atoms with E-state index >= 15 is 0 Å². The predicted molar refractivity (Wildman–Crippen MR) is 79.0 cm³/mol. The van der Waals surface area contributed by atoms with Crippen LogP contribution >= 0.6 is 15.9 Å². The predicted octanol–water partition coefficient (Wildman–Crippen LogP) is 4.60. The van der Waals surface area contributed by atoms with E-state index in [9.17, 15) is 4.39 Å². The van der Waals surface area contributed by atoms with Crippen LogP contribution in [0.5, 0.6) is 5.75 Å². The van der Waals surface area contributed by atoms with E-state index in [4.69, 9.17) is 4.74 Å². The third kappa shape index (κ3) is 4.24. The highest BCUT2D eigenvalue weighted by molar-refractivity contribution is 9.10. The first-order chi connectivity index (χ1) is 9.17. The Morgan fingerprint density at radius 1 is 1.21 bits per heavy atom. The van der Waals surface area contributed by atoms with Gasteiger partial charge in [-0.1, -0.05) is 22.0 Å². The second-order valence-corrected chi connectivity index (χ2v) is 5.01. The molecule has 4 heteroatoms. The molecular formula is C15H15BrFNO. The van der Waals surface area contributed by atoms with Gasteiger partial charge in [-0.15, -0.1) is 0 Å². The maximum atomic E-state index is 13.2. The van der Waals surface area contributed by atoms with Crippen LogP contribution in [0.15, 0.2) is 46.9 Å². The molecule has 1 N–H and O–H groups in total. The molecule has 0 aromatic heterocycles. The third-order valence-corrected chi connectivity index (χ3v) is 3.02. The van der Waals surface area contributed by atoms with Crippen LogP contribution in [0.1, 0.15) is 12.5 Å². The number of hydrogen-bond acceptors (Lipinski definition) is 2. The molecular weight excluding hydrogens is 309 g/mol. The van der Waals surface area contributed by atoms with Crippen molar-refractivity contribution >= 4 is 21.6 Å². The lowest BCUT2D eigenvalue weighted by atomic mass is 10.2. The van der Waals surface area contributed by atoms with E-state index in [1.807, 2.05) is 37.3 Å². The van der Waals surface area contributed by atoms with Crippen LogP contribution < -0.4 is 10.1 Å². The second-order valence-electron chi connectivity index (χ2n) is 4.09. The largest absolute Gasteiger partial charge is 0.494 e. The molecule has 0 atom stereocenters. The molecule has 0 radical (unpaired) electrons. The van der Waals surface area contributed by atoms with Crippen LogP contribution in [-0.2, 0) is 6.54 Å². The molecule has 0 spiro atoms. The average molecular weight is 324 g/mol. The van der Waals surface area contributed by atoms with Gasteiger partial charge < -0.3 is 10.1 Å². The highest BCUT2D eigenvalue weighted by atomic mass is 79.9. The van der Waals surface area contributed by atoms with E-state index in [-0.39, 0.29) is 5.82 Å². The van der Waals surface area contributed by atoms with Gasteiger partial charge in [-0.3, -0.25) is 0 Å². The van der Waals surface area contributed by atoms with Crippen molar-refractivity contribution in [1.82, 2.24) is 0 Å². The molecule has 0 saturated heterocycles. The lowest BCUT2D eigenvalue weighted by Gasteiger charge is -2.09. The Kier molecular flexibility index (Phi) is 4.80. The van der Waals surface area contributed by atoms with Gasteiger partial charge in [0.05, 0.1) is 6.61 Å². The average Bonchev–Trinajstić information content (AvgIpc) is 2.36. The summed E-state index contributed by atoms with van der Waals surface area (Å²) in [6.07, 6.45) is 0.